The zero-order valence-electron chi connectivity index (χ0n) is 26.9. The molecule has 3 atom stereocenters. The second-order valence-corrected chi connectivity index (χ2v) is 20.0. The Kier molecular flexibility index (Phi) is 22.1. The van der Waals surface area contributed by atoms with E-state index in [-0.39, 0.29) is 59.5 Å². The van der Waals surface area contributed by atoms with E-state index in [0.717, 1.165) is 0 Å². The van der Waals surface area contributed by atoms with E-state index in [4.69, 9.17) is 27.8 Å². The SMILES string of the molecule is CCC(COCC(O)COP(=O)(CC)CC)(COCC(O)COP(=O)(CC)CC)COCC(O)COP(=O)(CC)CC. The molecule has 0 aromatic heterocycles. The zero-order chi connectivity index (χ0) is 32.3. The molecule has 0 heterocycles. The lowest BCUT2D eigenvalue weighted by atomic mass is 9.88. The Labute approximate surface area is 253 Å². The highest BCUT2D eigenvalue weighted by Crippen LogP contribution is 2.47. The second kappa shape index (κ2) is 22.0. The number of aliphatic hydroxyl groups is 3. The van der Waals surface area contributed by atoms with Crippen LogP contribution in [0.4, 0.5) is 0 Å². The largest absolute Gasteiger partial charge is 0.388 e. The number of aliphatic hydroxyl groups excluding tert-OH is 3. The highest BCUT2D eigenvalue weighted by Gasteiger charge is 2.32. The average molecular weight is 669 g/mol. The van der Waals surface area contributed by atoms with Crippen molar-refractivity contribution < 1.29 is 56.8 Å². The number of hydrogen-bond donors (Lipinski definition) is 3. The fourth-order valence-corrected chi connectivity index (χ4v) is 7.46. The van der Waals surface area contributed by atoms with Gasteiger partial charge in [-0.25, -0.2) is 0 Å². The maximum Gasteiger partial charge on any atom is 0.202 e. The summed E-state index contributed by atoms with van der Waals surface area (Å²) < 4.78 is 71.2. The molecule has 0 rings (SSSR count). The minimum Gasteiger partial charge on any atom is -0.388 e. The van der Waals surface area contributed by atoms with Crippen LogP contribution in [0.15, 0.2) is 0 Å². The summed E-state index contributed by atoms with van der Waals surface area (Å²) in [5.41, 5.74) is -0.700. The minimum atomic E-state index is -2.75. The van der Waals surface area contributed by atoms with Gasteiger partial charge in [0.15, 0.2) is 0 Å². The van der Waals surface area contributed by atoms with Crippen LogP contribution in [0.5, 0.6) is 0 Å². The third-order valence-electron chi connectivity index (χ3n) is 7.30. The van der Waals surface area contributed by atoms with Gasteiger partial charge in [0.1, 0.15) is 18.3 Å². The standard InChI is InChI=1S/C27H59O12P3/c1-8-27(21-34-15-24(28)18-37-40(31,9-2)10-3,22-35-16-25(29)19-38-41(32,11-4)12-5)23-36-17-26(30)20-39-42(33,13-6)14-7/h24-26,28-30H,8-23H2,1-7H3. The maximum absolute atomic E-state index is 12.5. The third kappa shape index (κ3) is 17.1. The molecule has 0 aliphatic rings. The van der Waals surface area contributed by atoms with Crippen molar-refractivity contribution in [1.82, 2.24) is 0 Å². The van der Waals surface area contributed by atoms with Crippen LogP contribution in [-0.4, -0.2) is 130 Å². The van der Waals surface area contributed by atoms with Gasteiger partial charge in [0, 0.05) is 42.4 Å². The Hall–Kier alpha value is 0.330. The van der Waals surface area contributed by atoms with Crippen molar-refractivity contribution in [3.63, 3.8) is 0 Å². The molecular weight excluding hydrogens is 609 g/mol. The minimum absolute atomic E-state index is 0.0608. The predicted molar refractivity (Wildman–Crippen MR) is 167 cm³/mol. The monoisotopic (exact) mass is 668 g/mol. The molecule has 42 heavy (non-hydrogen) atoms. The molecule has 0 aromatic carbocycles. The Bertz CT molecular complexity index is 717. The van der Waals surface area contributed by atoms with Crippen molar-refractivity contribution in [2.45, 2.75) is 73.2 Å². The number of hydrogen-bond acceptors (Lipinski definition) is 12. The highest BCUT2D eigenvalue weighted by molar-refractivity contribution is 7.59. The Morgan fingerprint density at radius 2 is 0.714 bits per heavy atom. The molecule has 254 valence electrons. The van der Waals surface area contributed by atoms with Gasteiger partial charge in [-0.2, -0.15) is 0 Å². The fourth-order valence-electron chi connectivity index (χ4n) is 3.69. The van der Waals surface area contributed by atoms with E-state index >= 15 is 0 Å². The zero-order valence-corrected chi connectivity index (χ0v) is 29.6. The highest BCUT2D eigenvalue weighted by atomic mass is 31.2. The molecule has 3 N–H and O–H groups in total. The number of rotatable bonds is 28. The molecular formula is C27H59O12P3. The summed E-state index contributed by atoms with van der Waals surface area (Å²) in [5.74, 6) is 0. The Morgan fingerprint density at radius 1 is 0.476 bits per heavy atom. The molecule has 0 radical (unpaired) electrons. The molecule has 0 aliphatic carbocycles. The first-order chi connectivity index (χ1) is 19.7. The average Bonchev–Trinajstić information content (AvgIpc) is 3.00. The van der Waals surface area contributed by atoms with E-state index < -0.39 is 45.8 Å². The van der Waals surface area contributed by atoms with Crippen LogP contribution in [0.1, 0.15) is 54.9 Å². The Balaban J connectivity index is 5.14. The third-order valence-corrected chi connectivity index (χ3v) is 14.9. The van der Waals surface area contributed by atoms with Crippen molar-refractivity contribution in [2.75, 3.05) is 96.4 Å². The van der Waals surface area contributed by atoms with Crippen LogP contribution in [-0.2, 0) is 41.5 Å². The lowest BCUT2D eigenvalue weighted by Crippen LogP contribution is -2.40. The second-order valence-electron chi connectivity index (χ2n) is 10.6. The lowest BCUT2D eigenvalue weighted by molar-refractivity contribution is -0.105. The van der Waals surface area contributed by atoms with Crippen LogP contribution in [0.3, 0.4) is 0 Å². The molecule has 0 fully saturated rings. The van der Waals surface area contributed by atoms with Crippen molar-refractivity contribution in [3.8, 4) is 0 Å². The molecule has 0 amide bonds. The van der Waals surface area contributed by atoms with E-state index in [2.05, 4.69) is 0 Å². The van der Waals surface area contributed by atoms with E-state index in [9.17, 15) is 29.0 Å². The van der Waals surface area contributed by atoms with Crippen LogP contribution >= 0.6 is 22.1 Å². The van der Waals surface area contributed by atoms with Gasteiger partial charge < -0.3 is 43.1 Å². The summed E-state index contributed by atoms with van der Waals surface area (Å²) in [6.07, 6.45) is -0.0560. The van der Waals surface area contributed by atoms with Gasteiger partial charge in [-0.1, -0.05) is 48.5 Å². The summed E-state index contributed by atoms with van der Waals surface area (Å²) in [5, 5.41) is 31.0. The van der Waals surface area contributed by atoms with Crippen molar-refractivity contribution in [3.05, 3.63) is 0 Å². The number of ether oxygens (including phenoxy) is 3. The van der Waals surface area contributed by atoms with Gasteiger partial charge in [-0.15, -0.1) is 0 Å². The maximum atomic E-state index is 12.5. The van der Waals surface area contributed by atoms with Crippen molar-refractivity contribution in [2.24, 2.45) is 5.41 Å². The molecule has 0 saturated carbocycles. The molecule has 0 aliphatic heterocycles. The molecule has 0 aromatic rings. The lowest BCUT2D eigenvalue weighted by Gasteiger charge is -2.33. The first kappa shape index (κ1) is 42.3. The summed E-state index contributed by atoms with van der Waals surface area (Å²) in [6, 6.07) is 0. The quantitative estimate of drug-likeness (QED) is 0.1000. The van der Waals surface area contributed by atoms with E-state index in [0.29, 0.717) is 43.4 Å². The summed E-state index contributed by atoms with van der Waals surface area (Å²) >= 11 is 0. The first-order valence-corrected chi connectivity index (χ1v) is 21.2. The molecule has 15 heteroatoms. The van der Waals surface area contributed by atoms with E-state index in [1.165, 1.54) is 0 Å². The molecule has 12 nitrogen and oxygen atoms in total. The topological polar surface area (TPSA) is 167 Å². The summed E-state index contributed by atoms with van der Waals surface area (Å²) in [6.45, 7) is 12.5. The Morgan fingerprint density at radius 3 is 0.905 bits per heavy atom. The van der Waals surface area contributed by atoms with Gasteiger partial charge >= 0.3 is 0 Å². The summed E-state index contributed by atoms with van der Waals surface area (Å²) in [4.78, 5) is 0. The van der Waals surface area contributed by atoms with E-state index in [1.807, 2.05) is 6.92 Å². The molecule has 0 saturated heterocycles. The van der Waals surface area contributed by atoms with Gasteiger partial charge in [0.25, 0.3) is 0 Å². The molecule has 0 spiro atoms. The normalized spacial score (nSPS) is 16.7. The van der Waals surface area contributed by atoms with Gasteiger partial charge in [0.05, 0.1) is 59.5 Å². The molecule has 0 bridgehead atoms. The van der Waals surface area contributed by atoms with Crippen molar-refractivity contribution >= 4 is 22.1 Å². The van der Waals surface area contributed by atoms with Crippen LogP contribution < -0.4 is 0 Å². The van der Waals surface area contributed by atoms with Crippen LogP contribution in [0.25, 0.3) is 0 Å². The van der Waals surface area contributed by atoms with Gasteiger partial charge in [0.2, 0.25) is 22.1 Å². The molecule has 3 unspecified atom stereocenters. The fraction of sp³-hybridized carbons (Fsp3) is 1.00. The first-order valence-electron chi connectivity index (χ1n) is 15.2. The van der Waals surface area contributed by atoms with Gasteiger partial charge in [-0.05, 0) is 6.42 Å². The predicted octanol–water partition coefficient (Wildman–Crippen LogP) is 4.52. The van der Waals surface area contributed by atoms with Gasteiger partial charge in [-0.3, -0.25) is 13.7 Å². The smallest absolute Gasteiger partial charge is 0.202 e. The van der Waals surface area contributed by atoms with Crippen molar-refractivity contribution in [1.29, 1.82) is 0 Å². The summed E-state index contributed by atoms with van der Waals surface area (Å²) in [7, 11) is -8.26. The van der Waals surface area contributed by atoms with E-state index in [1.54, 1.807) is 41.5 Å². The van der Waals surface area contributed by atoms with Crippen LogP contribution in [0, 0.1) is 5.41 Å². The van der Waals surface area contributed by atoms with Crippen LogP contribution in [0.2, 0.25) is 0 Å².